The van der Waals surface area contributed by atoms with E-state index in [0.717, 1.165) is 30.6 Å². The van der Waals surface area contributed by atoms with Gasteiger partial charge in [-0.1, -0.05) is 29.8 Å². The third kappa shape index (κ3) is 6.15. The molecule has 0 atom stereocenters. The van der Waals surface area contributed by atoms with Crippen LogP contribution in [0.5, 0.6) is 0 Å². The Balaban J connectivity index is 1.56. The molecule has 0 unspecified atom stereocenters. The standard InChI is InChI=1S/C20H25N3O3S/c1-3-26-19(25)12-23(10-15-6-7-15)11-18(24)22-20-21-17(13-27-20)16-8-4-14(2)5-9-16/h4-5,8-9,13,15H,3,6-7,10-12H2,1-2H3,(H,21,22,24). The highest BCUT2D eigenvalue weighted by Crippen LogP contribution is 2.29. The summed E-state index contributed by atoms with van der Waals surface area (Å²) in [5, 5.41) is 5.35. The van der Waals surface area contributed by atoms with Gasteiger partial charge in [-0.3, -0.25) is 14.5 Å². The first-order valence-electron chi connectivity index (χ1n) is 9.24. The third-order valence-electron chi connectivity index (χ3n) is 4.34. The van der Waals surface area contributed by atoms with Crippen molar-refractivity contribution in [3.05, 3.63) is 35.2 Å². The van der Waals surface area contributed by atoms with Crippen LogP contribution in [0.15, 0.2) is 29.6 Å². The summed E-state index contributed by atoms with van der Waals surface area (Å²) >= 11 is 1.40. The van der Waals surface area contributed by atoms with E-state index in [-0.39, 0.29) is 25.0 Å². The smallest absolute Gasteiger partial charge is 0.320 e. The zero-order valence-corrected chi connectivity index (χ0v) is 16.6. The molecule has 144 valence electrons. The Labute approximate surface area is 163 Å². The zero-order valence-electron chi connectivity index (χ0n) is 15.7. The second-order valence-electron chi connectivity index (χ2n) is 6.87. The molecule has 0 saturated heterocycles. The Morgan fingerprint density at radius 1 is 1.26 bits per heavy atom. The number of carbonyl (C=O) groups is 2. The van der Waals surface area contributed by atoms with Crippen molar-refractivity contribution >= 4 is 28.3 Å². The number of rotatable bonds is 9. The van der Waals surface area contributed by atoms with Crippen molar-refractivity contribution in [2.24, 2.45) is 5.92 Å². The number of carbonyl (C=O) groups excluding carboxylic acids is 2. The van der Waals surface area contributed by atoms with E-state index in [4.69, 9.17) is 4.74 Å². The number of nitrogens with one attached hydrogen (secondary N) is 1. The average molecular weight is 388 g/mol. The van der Waals surface area contributed by atoms with Gasteiger partial charge in [-0.25, -0.2) is 4.98 Å². The maximum atomic E-state index is 12.4. The molecule has 1 aliphatic carbocycles. The molecule has 1 aromatic heterocycles. The second kappa shape index (κ2) is 9.10. The normalized spacial score (nSPS) is 13.6. The van der Waals surface area contributed by atoms with Gasteiger partial charge in [-0.2, -0.15) is 0 Å². The van der Waals surface area contributed by atoms with Gasteiger partial charge in [0, 0.05) is 17.5 Å². The van der Waals surface area contributed by atoms with Crippen molar-refractivity contribution in [2.45, 2.75) is 26.7 Å². The van der Waals surface area contributed by atoms with Crippen LogP contribution in [0.25, 0.3) is 11.3 Å². The van der Waals surface area contributed by atoms with Crippen LogP contribution in [0.3, 0.4) is 0 Å². The molecule has 0 aliphatic heterocycles. The summed E-state index contributed by atoms with van der Waals surface area (Å²) in [6.07, 6.45) is 2.32. The predicted molar refractivity (Wildman–Crippen MR) is 107 cm³/mol. The van der Waals surface area contributed by atoms with Crippen LogP contribution < -0.4 is 5.32 Å². The molecule has 1 saturated carbocycles. The Kier molecular flexibility index (Phi) is 6.58. The molecule has 2 aromatic rings. The molecule has 0 radical (unpaired) electrons. The number of hydrogen-bond acceptors (Lipinski definition) is 6. The van der Waals surface area contributed by atoms with E-state index in [1.807, 2.05) is 41.5 Å². The predicted octanol–water partition coefficient (Wildman–Crippen LogP) is 3.33. The van der Waals surface area contributed by atoms with Gasteiger partial charge in [0.25, 0.3) is 0 Å². The van der Waals surface area contributed by atoms with Crippen LogP contribution in [-0.2, 0) is 14.3 Å². The van der Waals surface area contributed by atoms with Crippen molar-refractivity contribution < 1.29 is 14.3 Å². The molecule has 3 rings (SSSR count). The highest BCUT2D eigenvalue weighted by molar-refractivity contribution is 7.14. The molecular formula is C20H25N3O3S. The lowest BCUT2D eigenvalue weighted by Gasteiger charge is -2.20. The molecule has 0 bridgehead atoms. The average Bonchev–Trinajstić information content (AvgIpc) is 3.31. The minimum atomic E-state index is -0.290. The first kappa shape index (κ1) is 19.5. The summed E-state index contributed by atoms with van der Waals surface area (Å²) in [5.74, 6) is 0.131. The molecule has 1 heterocycles. The van der Waals surface area contributed by atoms with Crippen LogP contribution in [-0.4, -0.2) is 48.0 Å². The monoisotopic (exact) mass is 387 g/mol. The van der Waals surface area contributed by atoms with E-state index in [9.17, 15) is 9.59 Å². The molecule has 0 spiro atoms. The summed E-state index contributed by atoms with van der Waals surface area (Å²) < 4.78 is 5.01. The fourth-order valence-electron chi connectivity index (χ4n) is 2.79. The largest absolute Gasteiger partial charge is 0.465 e. The van der Waals surface area contributed by atoms with Gasteiger partial charge in [-0.05, 0) is 32.6 Å². The quantitative estimate of drug-likeness (QED) is 0.668. The Hall–Kier alpha value is -2.25. The first-order chi connectivity index (χ1) is 13.0. The SMILES string of the molecule is CCOC(=O)CN(CC(=O)Nc1nc(-c2ccc(C)cc2)cs1)CC1CC1. The molecule has 7 heteroatoms. The number of esters is 1. The van der Waals surface area contributed by atoms with Crippen molar-refractivity contribution in [1.29, 1.82) is 0 Å². The Bertz CT molecular complexity index is 784. The molecule has 1 fully saturated rings. The van der Waals surface area contributed by atoms with Gasteiger partial charge < -0.3 is 10.1 Å². The van der Waals surface area contributed by atoms with E-state index >= 15 is 0 Å². The molecule has 1 aromatic carbocycles. The van der Waals surface area contributed by atoms with Gasteiger partial charge in [0.05, 0.1) is 25.4 Å². The second-order valence-corrected chi connectivity index (χ2v) is 7.73. The van der Waals surface area contributed by atoms with Crippen molar-refractivity contribution in [1.82, 2.24) is 9.88 Å². The highest BCUT2D eigenvalue weighted by Gasteiger charge is 2.26. The summed E-state index contributed by atoms with van der Waals surface area (Å²) in [4.78, 5) is 30.5. The summed E-state index contributed by atoms with van der Waals surface area (Å²) in [6.45, 7) is 5.23. The van der Waals surface area contributed by atoms with E-state index in [0.29, 0.717) is 17.7 Å². The van der Waals surface area contributed by atoms with Crippen LogP contribution in [0.1, 0.15) is 25.3 Å². The minimum Gasteiger partial charge on any atom is -0.465 e. The summed E-state index contributed by atoms with van der Waals surface area (Å²) in [6, 6.07) is 8.12. The van der Waals surface area contributed by atoms with E-state index in [1.54, 1.807) is 6.92 Å². The van der Waals surface area contributed by atoms with Gasteiger partial charge in [0.15, 0.2) is 5.13 Å². The van der Waals surface area contributed by atoms with Crippen LogP contribution >= 0.6 is 11.3 Å². The number of hydrogen-bond donors (Lipinski definition) is 1. The fraction of sp³-hybridized carbons (Fsp3) is 0.450. The number of benzene rings is 1. The Morgan fingerprint density at radius 2 is 2.00 bits per heavy atom. The lowest BCUT2D eigenvalue weighted by Crippen LogP contribution is -2.38. The number of amides is 1. The number of anilines is 1. The van der Waals surface area contributed by atoms with E-state index < -0.39 is 0 Å². The number of aryl methyl sites for hydroxylation is 1. The number of nitrogens with zero attached hydrogens (tertiary/aromatic N) is 2. The number of thiazole rings is 1. The van der Waals surface area contributed by atoms with E-state index in [1.165, 1.54) is 16.9 Å². The highest BCUT2D eigenvalue weighted by atomic mass is 32.1. The topological polar surface area (TPSA) is 71.5 Å². The first-order valence-corrected chi connectivity index (χ1v) is 10.1. The lowest BCUT2D eigenvalue weighted by molar-refractivity contribution is -0.144. The van der Waals surface area contributed by atoms with Crippen LogP contribution in [0.4, 0.5) is 5.13 Å². The Morgan fingerprint density at radius 3 is 2.67 bits per heavy atom. The van der Waals surface area contributed by atoms with Crippen LogP contribution in [0.2, 0.25) is 0 Å². The number of ether oxygens (including phenoxy) is 1. The zero-order chi connectivity index (χ0) is 19.2. The molecule has 6 nitrogen and oxygen atoms in total. The number of aromatic nitrogens is 1. The van der Waals surface area contributed by atoms with Crippen molar-refractivity contribution in [3.63, 3.8) is 0 Å². The van der Waals surface area contributed by atoms with Gasteiger partial charge in [-0.15, -0.1) is 11.3 Å². The molecule has 27 heavy (non-hydrogen) atoms. The van der Waals surface area contributed by atoms with Crippen LogP contribution in [0, 0.1) is 12.8 Å². The van der Waals surface area contributed by atoms with E-state index in [2.05, 4.69) is 10.3 Å². The maximum Gasteiger partial charge on any atom is 0.320 e. The fourth-order valence-corrected chi connectivity index (χ4v) is 3.53. The third-order valence-corrected chi connectivity index (χ3v) is 5.09. The molecule has 1 amide bonds. The minimum absolute atomic E-state index is 0.143. The van der Waals surface area contributed by atoms with Gasteiger partial charge >= 0.3 is 5.97 Å². The summed E-state index contributed by atoms with van der Waals surface area (Å²) in [7, 11) is 0. The van der Waals surface area contributed by atoms with Crippen molar-refractivity contribution in [3.8, 4) is 11.3 Å². The van der Waals surface area contributed by atoms with Gasteiger partial charge in [0.2, 0.25) is 5.91 Å². The molecule has 1 N–H and O–H groups in total. The summed E-state index contributed by atoms with van der Waals surface area (Å²) in [5.41, 5.74) is 3.06. The van der Waals surface area contributed by atoms with Crippen molar-refractivity contribution in [2.75, 3.05) is 31.6 Å². The lowest BCUT2D eigenvalue weighted by atomic mass is 10.1. The molecular weight excluding hydrogens is 362 g/mol. The maximum absolute atomic E-state index is 12.4. The van der Waals surface area contributed by atoms with Gasteiger partial charge in [0.1, 0.15) is 0 Å². The molecule has 1 aliphatic rings.